The first-order valence-electron chi connectivity index (χ1n) is 6.05. The largest absolute Gasteiger partial charge is 0.383 e. The van der Waals surface area contributed by atoms with E-state index in [0.29, 0.717) is 23.0 Å². The summed E-state index contributed by atoms with van der Waals surface area (Å²) >= 11 is 0. The molecule has 1 atom stereocenters. The lowest BCUT2D eigenvalue weighted by atomic mass is 9.78. The molecule has 96 valence electrons. The van der Waals surface area contributed by atoms with E-state index in [4.69, 9.17) is 5.73 Å². The lowest BCUT2D eigenvalue weighted by Gasteiger charge is -2.23. The number of nitrogen functional groups attached to an aromatic ring is 1. The first-order chi connectivity index (χ1) is 9.03. The average Bonchev–Trinajstić information content (AvgIpc) is 2.63. The van der Waals surface area contributed by atoms with Crippen molar-refractivity contribution in [2.75, 3.05) is 11.1 Å². The van der Waals surface area contributed by atoms with Crippen molar-refractivity contribution in [2.45, 2.75) is 19.3 Å². The maximum atomic E-state index is 12.4. The molecule has 2 aromatic rings. The molecule has 1 amide bonds. The second-order valence-corrected chi connectivity index (χ2v) is 4.82. The fourth-order valence-corrected chi connectivity index (χ4v) is 2.57. The molecule has 5 nitrogen and oxygen atoms in total. The molecule has 5 heteroatoms. The molecule has 19 heavy (non-hydrogen) atoms. The van der Waals surface area contributed by atoms with Gasteiger partial charge in [-0.15, -0.1) is 0 Å². The molecule has 0 saturated heterocycles. The van der Waals surface area contributed by atoms with Crippen LogP contribution in [-0.2, 0) is 10.2 Å². The Morgan fingerprint density at radius 3 is 2.58 bits per heavy atom. The molecule has 1 aliphatic rings. The minimum Gasteiger partial charge on any atom is -0.383 e. The van der Waals surface area contributed by atoms with Gasteiger partial charge in [0.15, 0.2) is 0 Å². The van der Waals surface area contributed by atoms with Crippen LogP contribution < -0.4 is 11.1 Å². The van der Waals surface area contributed by atoms with Gasteiger partial charge < -0.3 is 11.1 Å². The van der Waals surface area contributed by atoms with Gasteiger partial charge in [0.1, 0.15) is 22.9 Å². The predicted octanol–water partition coefficient (Wildman–Crippen LogP) is 1.63. The second kappa shape index (κ2) is 3.78. The van der Waals surface area contributed by atoms with Gasteiger partial charge in [-0.1, -0.05) is 30.3 Å². The molecular formula is C14H14N4O. The van der Waals surface area contributed by atoms with Gasteiger partial charge in [0, 0.05) is 0 Å². The molecule has 1 aromatic heterocycles. The van der Waals surface area contributed by atoms with Crippen LogP contribution in [0.4, 0.5) is 11.6 Å². The predicted molar refractivity (Wildman–Crippen MR) is 72.7 cm³/mol. The van der Waals surface area contributed by atoms with Gasteiger partial charge >= 0.3 is 0 Å². The Kier molecular flexibility index (Phi) is 2.32. The lowest BCUT2D eigenvalue weighted by molar-refractivity contribution is -0.119. The number of aryl methyl sites for hydroxylation is 1. The van der Waals surface area contributed by atoms with Crippen LogP contribution in [0.2, 0.25) is 0 Å². The number of anilines is 2. The summed E-state index contributed by atoms with van der Waals surface area (Å²) in [5.74, 6) is 1.29. The van der Waals surface area contributed by atoms with Gasteiger partial charge in [0.05, 0.1) is 5.56 Å². The minimum atomic E-state index is -0.839. The molecule has 0 bridgehead atoms. The third kappa shape index (κ3) is 1.51. The van der Waals surface area contributed by atoms with Crippen molar-refractivity contribution in [3.05, 3.63) is 47.3 Å². The van der Waals surface area contributed by atoms with Crippen molar-refractivity contribution >= 4 is 17.5 Å². The van der Waals surface area contributed by atoms with Crippen molar-refractivity contribution in [3.63, 3.8) is 0 Å². The van der Waals surface area contributed by atoms with Crippen molar-refractivity contribution in [3.8, 4) is 0 Å². The van der Waals surface area contributed by atoms with Crippen LogP contribution in [0.5, 0.6) is 0 Å². The summed E-state index contributed by atoms with van der Waals surface area (Å²) in [6.45, 7) is 3.60. The van der Waals surface area contributed by atoms with Crippen LogP contribution in [0.1, 0.15) is 23.9 Å². The SMILES string of the molecule is Cc1nc(N)c2c(n1)NC(=O)C2(C)c1ccccc1. The normalized spacial score (nSPS) is 21.1. The number of fused-ring (bicyclic) bond motifs is 1. The molecule has 0 fully saturated rings. The smallest absolute Gasteiger partial charge is 0.240 e. The van der Waals surface area contributed by atoms with E-state index < -0.39 is 5.41 Å². The van der Waals surface area contributed by atoms with Crippen LogP contribution in [-0.4, -0.2) is 15.9 Å². The van der Waals surface area contributed by atoms with Gasteiger partial charge in [-0.25, -0.2) is 9.97 Å². The van der Waals surface area contributed by atoms with E-state index in [0.717, 1.165) is 5.56 Å². The fourth-order valence-electron chi connectivity index (χ4n) is 2.57. The van der Waals surface area contributed by atoms with Crippen molar-refractivity contribution in [1.29, 1.82) is 0 Å². The standard InChI is InChI=1S/C14H14N4O/c1-8-16-11(15)10-12(17-8)18-13(19)14(10,2)9-6-4-3-5-7-9/h3-7H,1-2H3,(H3,15,16,17,18,19). The van der Waals surface area contributed by atoms with E-state index in [-0.39, 0.29) is 5.91 Å². The van der Waals surface area contributed by atoms with Crippen molar-refractivity contribution in [1.82, 2.24) is 9.97 Å². The summed E-state index contributed by atoms with van der Waals surface area (Å²) in [4.78, 5) is 20.8. The number of nitrogens with one attached hydrogen (secondary N) is 1. The first kappa shape index (κ1) is 11.6. The lowest BCUT2D eigenvalue weighted by Crippen LogP contribution is -2.32. The molecule has 1 unspecified atom stereocenters. The molecule has 1 aromatic carbocycles. The highest BCUT2D eigenvalue weighted by molar-refractivity contribution is 6.08. The molecule has 2 heterocycles. The number of carbonyl (C=O) groups is 1. The summed E-state index contributed by atoms with van der Waals surface area (Å²) in [7, 11) is 0. The van der Waals surface area contributed by atoms with Crippen LogP contribution in [0.3, 0.4) is 0 Å². The van der Waals surface area contributed by atoms with Gasteiger partial charge in [-0.2, -0.15) is 0 Å². The van der Waals surface area contributed by atoms with Gasteiger partial charge in [0.25, 0.3) is 0 Å². The van der Waals surface area contributed by atoms with E-state index in [1.165, 1.54) is 0 Å². The topological polar surface area (TPSA) is 80.9 Å². The highest BCUT2D eigenvalue weighted by Crippen LogP contribution is 2.43. The van der Waals surface area contributed by atoms with Gasteiger partial charge in [-0.3, -0.25) is 4.79 Å². The number of carbonyl (C=O) groups excluding carboxylic acids is 1. The Hall–Kier alpha value is -2.43. The summed E-state index contributed by atoms with van der Waals surface area (Å²) in [6, 6.07) is 9.53. The zero-order valence-corrected chi connectivity index (χ0v) is 10.8. The number of aromatic nitrogens is 2. The van der Waals surface area contributed by atoms with E-state index in [1.807, 2.05) is 37.3 Å². The first-order valence-corrected chi connectivity index (χ1v) is 6.05. The van der Waals surface area contributed by atoms with E-state index in [1.54, 1.807) is 6.92 Å². The van der Waals surface area contributed by atoms with Crippen LogP contribution in [0, 0.1) is 6.92 Å². The molecule has 0 saturated carbocycles. The van der Waals surface area contributed by atoms with Crippen LogP contribution in [0.15, 0.2) is 30.3 Å². The Bertz CT molecular complexity index is 669. The maximum Gasteiger partial charge on any atom is 0.240 e. The minimum absolute atomic E-state index is 0.125. The quantitative estimate of drug-likeness (QED) is 0.810. The molecule has 1 aliphatic heterocycles. The van der Waals surface area contributed by atoms with E-state index in [9.17, 15) is 4.79 Å². The van der Waals surface area contributed by atoms with Gasteiger partial charge in [0.2, 0.25) is 5.91 Å². The third-order valence-electron chi connectivity index (χ3n) is 3.59. The molecule has 0 spiro atoms. The zero-order chi connectivity index (χ0) is 13.6. The third-order valence-corrected chi connectivity index (χ3v) is 3.59. The summed E-state index contributed by atoms with van der Waals surface area (Å²) < 4.78 is 0. The highest BCUT2D eigenvalue weighted by Gasteiger charge is 2.47. The Morgan fingerprint density at radius 2 is 1.89 bits per heavy atom. The number of rotatable bonds is 1. The molecule has 3 N–H and O–H groups in total. The van der Waals surface area contributed by atoms with Crippen molar-refractivity contribution < 1.29 is 4.79 Å². The van der Waals surface area contributed by atoms with Crippen molar-refractivity contribution in [2.24, 2.45) is 0 Å². The van der Waals surface area contributed by atoms with Crippen LogP contribution in [0.25, 0.3) is 0 Å². The highest BCUT2D eigenvalue weighted by atomic mass is 16.2. The van der Waals surface area contributed by atoms with E-state index >= 15 is 0 Å². The molecule has 3 rings (SSSR count). The number of benzene rings is 1. The Balaban J connectivity index is 2.29. The number of hydrogen-bond donors (Lipinski definition) is 2. The zero-order valence-electron chi connectivity index (χ0n) is 10.8. The summed E-state index contributed by atoms with van der Waals surface area (Å²) in [5, 5.41) is 2.80. The summed E-state index contributed by atoms with van der Waals surface area (Å²) in [6.07, 6.45) is 0. The molecule has 0 aliphatic carbocycles. The van der Waals surface area contributed by atoms with E-state index in [2.05, 4.69) is 15.3 Å². The Labute approximate surface area is 110 Å². The maximum absolute atomic E-state index is 12.4. The van der Waals surface area contributed by atoms with Gasteiger partial charge in [-0.05, 0) is 19.4 Å². The summed E-state index contributed by atoms with van der Waals surface area (Å²) in [5.41, 5.74) is 6.71. The number of nitrogens with two attached hydrogens (primary N) is 1. The molecule has 0 radical (unpaired) electrons. The number of nitrogens with zero attached hydrogens (tertiary/aromatic N) is 2. The number of amides is 1. The molecular weight excluding hydrogens is 240 g/mol. The van der Waals surface area contributed by atoms with Crippen LogP contribution >= 0.6 is 0 Å². The fraction of sp³-hybridized carbons (Fsp3) is 0.214. The Morgan fingerprint density at radius 1 is 1.21 bits per heavy atom. The monoisotopic (exact) mass is 254 g/mol. The second-order valence-electron chi connectivity index (χ2n) is 4.82. The average molecular weight is 254 g/mol. The number of hydrogen-bond acceptors (Lipinski definition) is 4.